The van der Waals surface area contributed by atoms with E-state index in [0.29, 0.717) is 0 Å². The van der Waals surface area contributed by atoms with Crippen molar-refractivity contribution in [3.63, 3.8) is 0 Å². The number of likely N-dealkylation sites (tertiary alicyclic amines) is 1. The van der Waals surface area contributed by atoms with Gasteiger partial charge in [-0.25, -0.2) is 0 Å². The van der Waals surface area contributed by atoms with Gasteiger partial charge < -0.3 is 0 Å². The maximum absolute atomic E-state index is 2.86. The minimum Gasteiger partial charge on any atom is -0.300 e. The lowest BCUT2D eigenvalue weighted by Crippen LogP contribution is -2.52. The summed E-state index contributed by atoms with van der Waals surface area (Å²) in [5.41, 5.74) is 0. The van der Waals surface area contributed by atoms with Gasteiger partial charge in [-0.2, -0.15) is 0 Å². The van der Waals surface area contributed by atoms with Crippen molar-refractivity contribution in [2.24, 2.45) is 23.7 Å². The van der Waals surface area contributed by atoms with Gasteiger partial charge in [0.2, 0.25) is 0 Å². The fourth-order valence-electron chi connectivity index (χ4n) is 5.16. The molecule has 4 bridgehead atoms. The Morgan fingerprint density at radius 3 is 2.06 bits per heavy atom. The molecule has 0 radical (unpaired) electrons. The molecule has 4 aliphatic rings. The van der Waals surface area contributed by atoms with Gasteiger partial charge in [0.05, 0.1) is 0 Å². The van der Waals surface area contributed by atoms with E-state index in [9.17, 15) is 0 Å². The fraction of sp³-hybridized carbons (Fsp3) is 0.867. The highest BCUT2D eigenvalue weighted by Gasteiger charge is 2.49. The average molecular weight is 217 g/mol. The van der Waals surface area contributed by atoms with Crippen LogP contribution in [0.15, 0.2) is 12.2 Å². The summed E-state index contributed by atoms with van der Waals surface area (Å²) in [5, 5.41) is 0. The van der Waals surface area contributed by atoms with Crippen LogP contribution in [0.3, 0.4) is 0 Å². The summed E-state index contributed by atoms with van der Waals surface area (Å²) in [6.07, 6.45) is 14.1. The van der Waals surface area contributed by atoms with Gasteiger partial charge in [0.1, 0.15) is 0 Å². The van der Waals surface area contributed by atoms with Crippen LogP contribution in [-0.2, 0) is 0 Å². The molecule has 4 rings (SSSR count). The minimum absolute atomic E-state index is 0.951. The first-order chi connectivity index (χ1) is 7.93. The predicted octanol–water partition coefficient (Wildman–Crippen LogP) is 3.07. The number of hydrogen-bond donors (Lipinski definition) is 0. The standard InChI is InChI=1S/C15H23N/c1-2-9-16(8-1)15-13-4-3-5-14(15)12-7-6-11(13)10-12/h6-7,11-15H,1-5,8-10H2. The predicted molar refractivity (Wildman–Crippen MR) is 66.2 cm³/mol. The lowest BCUT2D eigenvalue weighted by atomic mass is 9.62. The van der Waals surface area contributed by atoms with Crippen LogP contribution in [-0.4, -0.2) is 24.0 Å². The summed E-state index contributed by atoms with van der Waals surface area (Å²) in [7, 11) is 0. The summed E-state index contributed by atoms with van der Waals surface area (Å²) in [6, 6.07) is 0.968. The van der Waals surface area contributed by atoms with Crippen molar-refractivity contribution < 1.29 is 0 Å². The summed E-state index contributed by atoms with van der Waals surface area (Å²) < 4.78 is 0. The van der Waals surface area contributed by atoms with Gasteiger partial charge in [-0.15, -0.1) is 0 Å². The Morgan fingerprint density at radius 2 is 1.44 bits per heavy atom. The average Bonchev–Trinajstić information content (AvgIpc) is 2.98. The molecule has 1 heterocycles. The molecule has 0 amide bonds. The van der Waals surface area contributed by atoms with Gasteiger partial charge in [-0.05, 0) is 68.9 Å². The molecule has 4 atom stereocenters. The van der Waals surface area contributed by atoms with E-state index < -0.39 is 0 Å². The van der Waals surface area contributed by atoms with Crippen molar-refractivity contribution in [2.75, 3.05) is 13.1 Å². The Bertz CT molecular complexity index is 283. The Kier molecular flexibility index (Phi) is 2.18. The molecule has 1 heteroatoms. The monoisotopic (exact) mass is 217 g/mol. The maximum Gasteiger partial charge on any atom is 0.0163 e. The van der Waals surface area contributed by atoms with Crippen LogP contribution in [0.25, 0.3) is 0 Å². The zero-order valence-corrected chi connectivity index (χ0v) is 10.1. The van der Waals surface area contributed by atoms with Crippen molar-refractivity contribution in [3.8, 4) is 0 Å². The summed E-state index contributed by atoms with van der Waals surface area (Å²) in [5.74, 6) is 3.94. The molecule has 4 unspecified atom stereocenters. The second-order valence-corrected chi connectivity index (χ2v) is 6.44. The molecule has 1 aliphatic heterocycles. The maximum atomic E-state index is 2.86. The molecule has 0 N–H and O–H groups in total. The molecule has 3 fully saturated rings. The zero-order valence-electron chi connectivity index (χ0n) is 10.1. The van der Waals surface area contributed by atoms with Crippen LogP contribution in [0.2, 0.25) is 0 Å². The Morgan fingerprint density at radius 1 is 0.812 bits per heavy atom. The Balaban J connectivity index is 1.66. The highest BCUT2D eigenvalue weighted by Crippen LogP contribution is 2.52. The largest absolute Gasteiger partial charge is 0.300 e. The normalized spacial score (nSPS) is 51.1. The van der Waals surface area contributed by atoms with Crippen LogP contribution in [0.5, 0.6) is 0 Å². The van der Waals surface area contributed by atoms with E-state index in [2.05, 4.69) is 17.1 Å². The SMILES string of the molecule is C1=CC2CC1C1CCCC2C1N1CCCC1. The molecule has 2 saturated carbocycles. The number of hydrogen-bond acceptors (Lipinski definition) is 1. The highest BCUT2D eigenvalue weighted by molar-refractivity contribution is 5.15. The van der Waals surface area contributed by atoms with E-state index in [4.69, 9.17) is 0 Å². The number of fused-ring (bicyclic) bond motifs is 6. The van der Waals surface area contributed by atoms with E-state index in [1.165, 1.54) is 51.6 Å². The molecular weight excluding hydrogens is 194 g/mol. The van der Waals surface area contributed by atoms with Crippen LogP contribution in [0.1, 0.15) is 38.5 Å². The topological polar surface area (TPSA) is 3.24 Å². The molecule has 1 saturated heterocycles. The molecular formula is C15H23N. The Hall–Kier alpha value is -0.300. The lowest BCUT2D eigenvalue weighted by molar-refractivity contribution is -0.000478. The highest BCUT2D eigenvalue weighted by atomic mass is 15.2. The van der Waals surface area contributed by atoms with E-state index in [0.717, 1.165) is 29.7 Å². The summed E-state index contributed by atoms with van der Waals surface area (Å²) >= 11 is 0. The van der Waals surface area contributed by atoms with Crippen molar-refractivity contribution in [1.82, 2.24) is 4.90 Å². The number of nitrogens with zero attached hydrogens (tertiary/aromatic N) is 1. The third kappa shape index (κ3) is 1.27. The van der Waals surface area contributed by atoms with E-state index >= 15 is 0 Å². The van der Waals surface area contributed by atoms with Crippen molar-refractivity contribution >= 4 is 0 Å². The van der Waals surface area contributed by atoms with Gasteiger partial charge >= 0.3 is 0 Å². The first-order valence-corrected chi connectivity index (χ1v) is 7.36. The van der Waals surface area contributed by atoms with Gasteiger partial charge in [-0.1, -0.05) is 18.6 Å². The van der Waals surface area contributed by atoms with Gasteiger partial charge in [-0.3, -0.25) is 4.90 Å². The first kappa shape index (κ1) is 9.70. The molecule has 16 heavy (non-hydrogen) atoms. The van der Waals surface area contributed by atoms with Crippen molar-refractivity contribution in [3.05, 3.63) is 12.2 Å². The Labute approximate surface area is 98.9 Å². The van der Waals surface area contributed by atoms with E-state index in [-0.39, 0.29) is 0 Å². The third-order valence-corrected chi connectivity index (χ3v) is 5.76. The third-order valence-electron chi connectivity index (χ3n) is 5.76. The first-order valence-electron chi connectivity index (χ1n) is 7.36. The second-order valence-electron chi connectivity index (χ2n) is 6.44. The minimum atomic E-state index is 0.951. The molecule has 3 aliphatic carbocycles. The molecule has 0 aromatic rings. The van der Waals surface area contributed by atoms with Gasteiger partial charge in [0.25, 0.3) is 0 Å². The van der Waals surface area contributed by atoms with Gasteiger partial charge in [0.15, 0.2) is 0 Å². The molecule has 0 aromatic carbocycles. The number of rotatable bonds is 1. The molecule has 1 nitrogen and oxygen atoms in total. The molecule has 88 valence electrons. The van der Waals surface area contributed by atoms with Crippen LogP contribution >= 0.6 is 0 Å². The van der Waals surface area contributed by atoms with Crippen LogP contribution in [0.4, 0.5) is 0 Å². The van der Waals surface area contributed by atoms with Crippen molar-refractivity contribution in [2.45, 2.75) is 44.6 Å². The quantitative estimate of drug-likeness (QED) is 0.610. The smallest absolute Gasteiger partial charge is 0.0163 e. The summed E-state index contributed by atoms with van der Waals surface area (Å²) in [6.45, 7) is 2.80. The van der Waals surface area contributed by atoms with E-state index in [1.54, 1.807) is 0 Å². The molecule has 0 spiro atoms. The number of allylic oxidation sites excluding steroid dienone is 2. The lowest BCUT2D eigenvalue weighted by Gasteiger charge is -2.50. The zero-order chi connectivity index (χ0) is 10.5. The fourth-order valence-corrected chi connectivity index (χ4v) is 5.16. The van der Waals surface area contributed by atoms with Gasteiger partial charge in [0, 0.05) is 6.04 Å². The van der Waals surface area contributed by atoms with Crippen LogP contribution < -0.4 is 0 Å². The van der Waals surface area contributed by atoms with E-state index in [1.807, 2.05) is 0 Å². The van der Waals surface area contributed by atoms with Crippen molar-refractivity contribution in [1.29, 1.82) is 0 Å². The van der Waals surface area contributed by atoms with Crippen LogP contribution in [0, 0.1) is 23.7 Å². The second kappa shape index (κ2) is 3.60. The summed E-state index contributed by atoms with van der Waals surface area (Å²) in [4.78, 5) is 2.86. The molecule has 0 aromatic heterocycles.